The van der Waals surface area contributed by atoms with Gasteiger partial charge in [0.05, 0.1) is 24.7 Å². The molecule has 4 atom stereocenters. The molecule has 2 fully saturated rings. The molecule has 2 N–H and O–H groups in total. The van der Waals surface area contributed by atoms with E-state index in [0.717, 1.165) is 17.6 Å². The molecule has 0 spiro atoms. The highest BCUT2D eigenvalue weighted by atomic mass is 35.5. The topological polar surface area (TPSA) is 8.88 Å². The van der Waals surface area contributed by atoms with E-state index >= 15 is 0 Å². The van der Waals surface area contributed by atoms with Crippen LogP contribution in [0.3, 0.4) is 0 Å². The summed E-state index contributed by atoms with van der Waals surface area (Å²) in [7, 11) is 0. The Morgan fingerprint density at radius 3 is 2.46 bits per heavy atom. The number of piperidine rings is 1. The van der Waals surface area contributed by atoms with Gasteiger partial charge in [0, 0.05) is 23.4 Å². The van der Waals surface area contributed by atoms with Gasteiger partial charge in [-0.25, -0.2) is 0 Å². The summed E-state index contributed by atoms with van der Waals surface area (Å²) in [6.07, 6.45) is 6.09. The standard InChI is InChI=1S/C21H25ClN2/c22-19-11-9-18(10-12-19)21-23(16-17-6-2-1-3-7-17)15-13-20-8-4-5-14-24(20)21/h1-3,6-7,9-12,20-21H,4-5,8,13-16H2/p+2/t20-,21-/m1/s1. The number of halogens is 1. The highest BCUT2D eigenvalue weighted by molar-refractivity contribution is 6.30. The van der Waals surface area contributed by atoms with Crippen LogP contribution in [0.1, 0.15) is 43.0 Å². The van der Waals surface area contributed by atoms with Crippen molar-refractivity contribution in [1.29, 1.82) is 0 Å². The van der Waals surface area contributed by atoms with Crippen LogP contribution in [-0.4, -0.2) is 19.1 Å². The van der Waals surface area contributed by atoms with Gasteiger partial charge < -0.3 is 0 Å². The summed E-state index contributed by atoms with van der Waals surface area (Å²) in [5.74, 6) is 0. The molecular weight excluding hydrogens is 316 g/mol. The lowest BCUT2D eigenvalue weighted by Gasteiger charge is -2.45. The van der Waals surface area contributed by atoms with Gasteiger partial charge in [-0.2, -0.15) is 0 Å². The van der Waals surface area contributed by atoms with E-state index < -0.39 is 0 Å². The van der Waals surface area contributed by atoms with E-state index in [1.807, 2.05) is 0 Å². The largest absolute Gasteiger partial charge is 0.279 e. The van der Waals surface area contributed by atoms with Gasteiger partial charge in [0.15, 0.2) is 0 Å². The minimum Gasteiger partial charge on any atom is -0.279 e. The van der Waals surface area contributed by atoms with Gasteiger partial charge in [0.1, 0.15) is 6.54 Å². The lowest BCUT2D eigenvalue weighted by atomic mass is 9.93. The third-order valence-corrected chi connectivity index (χ3v) is 6.11. The van der Waals surface area contributed by atoms with Crippen molar-refractivity contribution in [2.24, 2.45) is 0 Å². The van der Waals surface area contributed by atoms with Crippen LogP contribution in [0.4, 0.5) is 0 Å². The summed E-state index contributed by atoms with van der Waals surface area (Å²) in [6.45, 7) is 3.71. The molecule has 2 heterocycles. The van der Waals surface area contributed by atoms with Crippen LogP contribution in [0, 0.1) is 0 Å². The molecule has 2 aromatic rings. The van der Waals surface area contributed by atoms with E-state index in [9.17, 15) is 0 Å². The summed E-state index contributed by atoms with van der Waals surface area (Å²) >= 11 is 6.14. The van der Waals surface area contributed by atoms with Crippen molar-refractivity contribution in [3.05, 3.63) is 70.7 Å². The monoisotopic (exact) mass is 342 g/mol. The predicted molar refractivity (Wildman–Crippen MR) is 98.3 cm³/mol. The first kappa shape index (κ1) is 16.1. The summed E-state index contributed by atoms with van der Waals surface area (Å²) in [6, 6.07) is 20.4. The molecule has 2 aliphatic rings. The summed E-state index contributed by atoms with van der Waals surface area (Å²) < 4.78 is 0. The van der Waals surface area contributed by atoms with Crippen molar-refractivity contribution in [3.8, 4) is 0 Å². The van der Waals surface area contributed by atoms with Gasteiger partial charge in [-0.15, -0.1) is 0 Å². The minimum absolute atomic E-state index is 0.543. The van der Waals surface area contributed by atoms with Gasteiger partial charge in [0.2, 0.25) is 6.17 Å². The van der Waals surface area contributed by atoms with Gasteiger partial charge in [0.25, 0.3) is 0 Å². The van der Waals surface area contributed by atoms with Crippen LogP contribution in [-0.2, 0) is 6.54 Å². The van der Waals surface area contributed by atoms with E-state index in [1.54, 1.807) is 9.80 Å². The minimum atomic E-state index is 0.543. The third kappa shape index (κ3) is 3.37. The molecule has 126 valence electrons. The highest BCUT2D eigenvalue weighted by Gasteiger charge is 2.44. The van der Waals surface area contributed by atoms with Crippen LogP contribution >= 0.6 is 11.6 Å². The first-order chi connectivity index (χ1) is 11.8. The Hall–Kier alpha value is -1.35. The number of quaternary nitrogens is 2. The molecular formula is C21H27ClN2+2. The third-order valence-electron chi connectivity index (χ3n) is 5.86. The van der Waals surface area contributed by atoms with Gasteiger partial charge in [-0.3, -0.25) is 9.80 Å². The molecule has 2 aliphatic heterocycles. The number of nitrogens with one attached hydrogen (secondary N) is 2. The zero-order valence-electron chi connectivity index (χ0n) is 14.2. The molecule has 2 aromatic carbocycles. The maximum Gasteiger partial charge on any atom is 0.240 e. The fraction of sp³-hybridized carbons (Fsp3) is 0.429. The summed E-state index contributed by atoms with van der Waals surface area (Å²) in [4.78, 5) is 3.51. The maximum atomic E-state index is 6.14. The number of hydrogen-bond acceptors (Lipinski definition) is 0. The van der Waals surface area contributed by atoms with Crippen molar-refractivity contribution >= 4 is 11.6 Å². The number of benzene rings is 2. The molecule has 0 amide bonds. The van der Waals surface area contributed by atoms with E-state index in [0.29, 0.717) is 6.17 Å². The average molecular weight is 343 g/mol. The predicted octanol–water partition coefficient (Wildman–Crippen LogP) is 2.26. The van der Waals surface area contributed by atoms with Gasteiger partial charge >= 0.3 is 0 Å². The Bertz CT molecular complexity index is 655. The second-order valence-electron chi connectivity index (χ2n) is 7.36. The molecule has 2 nitrogen and oxygen atoms in total. The van der Waals surface area contributed by atoms with Crippen molar-refractivity contribution in [3.63, 3.8) is 0 Å². The Balaban J connectivity index is 1.64. The summed E-state index contributed by atoms with van der Waals surface area (Å²) in [5.41, 5.74) is 2.90. The zero-order valence-corrected chi connectivity index (χ0v) is 14.9. The molecule has 0 bridgehead atoms. The fourth-order valence-electron chi connectivity index (χ4n) is 4.74. The molecule has 0 aliphatic carbocycles. The highest BCUT2D eigenvalue weighted by Crippen LogP contribution is 2.17. The van der Waals surface area contributed by atoms with Crippen molar-refractivity contribution < 1.29 is 9.80 Å². The van der Waals surface area contributed by atoms with E-state index in [-0.39, 0.29) is 0 Å². The quantitative estimate of drug-likeness (QED) is 0.846. The molecule has 2 saturated heterocycles. The molecule has 3 heteroatoms. The Labute approximate surface area is 150 Å². The van der Waals surface area contributed by atoms with Crippen LogP contribution in [0.2, 0.25) is 5.02 Å². The first-order valence-electron chi connectivity index (χ1n) is 9.31. The number of hydrogen-bond donors (Lipinski definition) is 2. The fourth-order valence-corrected chi connectivity index (χ4v) is 4.86. The maximum absolute atomic E-state index is 6.14. The van der Waals surface area contributed by atoms with E-state index in [1.165, 1.54) is 49.9 Å². The molecule has 0 aromatic heterocycles. The normalized spacial score (nSPS) is 29.9. The molecule has 24 heavy (non-hydrogen) atoms. The average Bonchev–Trinajstić information content (AvgIpc) is 2.63. The smallest absolute Gasteiger partial charge is 0.240 e. The second-order valence-corrected chi connectivity index (χ2v) is 7.80. The number of fused-ring (bicyclic) bond motifs is 1. The van der Waals surface area contributed by atoms with Crippen LogP contribution in [0.25, 0.3) is 0 Å². The second kappa shape index (κ2) is 7.26. The SMILES string of the molecule is Clc1ccc([C@@H]2[NH+](Cc3ccccc3)CC[C@H]3CCCC[NH+]32)cc1. The Morgan fingerprint density at radius 2 is 1.67 bits per heavy atom. The number of rotatable bonds is 3. The lowest BCUT2D eigenvalue weighted by Crippen LogP contribution is -3.35. The summed E-state index contributed by atoms with van der Waals surface area (Å²) in [5, 5.41) is 0.837. The Kier molecular flexibility index (Phi) is 4.88. The molecule has 0 radical (unpaired) electrons. The van der Waals surface area contributed by atoms with Gasteiger partial charge in [-0.05, 0) is 37.1 Å². The van der Waals surface area contributed by atoms with Crippen LogP contribution in [0.15, 0.2) is 54.6 Å². The van der Waals surface area contributed by atoms with Crippen molar-refractivity contribution in [2.45, 2.75) is 44.4 Å². The van der Waals surface area contributed by atoms with Crippen molar-refractivity contribution in [1.82, 2.24) is 0 Å². The van der Waals surface area contributed by atoms with Crippen LogP contribution < -0.4 is 9.80 Å². The first-order valence-corrected chi connectivity index (χ1v) is 9.68. The zero-order chi connectivity index (χ0) is 16.4. The Morgan fingerprint density at radius 1 is 0.875 bits per heavy atom. The van der Waals surface area contributed by atoms with Crippen LogP contribution in [0.5, 0.6) is 0 Å². The van der Waals surface area contributed by atoms with E-state index in [2.05, 4.69) is 54.6 Å². The molecule has 0 saturated carbocycles. The van der Waals surface area contributed by atoms with E-state index in [4.69, 9.17) is 11.6 Å². The van der Waals surface area contributed by atoms with Gasteiger partial charge in [-0.1, -0.05) is 41.9 Å². The molecule has 4 rings (SSSR count). The lowest BCUT2D eigenvalue weighted by molar-refractivity contribution is -1.17. The van der Waals surface area contributed by atoms with Crippen molar-refractivity contribution in [2.75, 3.05) is 13.1 Å². The molecule has 2 unspecified atom stereocenters.